The van der Waals surface area contributed by atoms with E-state index >= 15 is 0 Å². The third-order valence-electron chi connectivity index (χ3n) is 4.51. The van der Waals surface area contributed by atoms with E-state index in [9.17, 15) is 4.79 Å². The molecule has 0 radical (unpaired) electrons. The number of rotatable bonds is 4. The minimum absolute atomic E-state index is 0.121. The summed E-state index contributed by atoms with van der Waals surface area (Å²) in [5, 5.41) is 3.36. The number of nitrogens with zero attached hydrogens (tertiary/aromatic N) is 3. The van der Waals surface area contributed by atoms with Gasteiger partial charge in [-0.3, -0.25) is 4.79 Å². The average Bonchev–Trinajstić information content (AvgIpc) is 2.67. The quantitative estimate of drug-likeness (QED) is 0.924. The Bertz CT molecular complexity index is 539. The zero-order valence-electron chi connectivity index (χ0n) is 13.1. The lowest BCUT2D eigenvalue weighted by molar-refractivity contribution is -0.129. The molecule has 1 amide bonds. The second kappa shape index (κ2) is 5.62. The molecule has 1 aliphatic carbocycles. The van der Waals surface area contributed by atoms with Gasteiger partial charge in [0.05, 0.1) is 6.04 Å². The van der Waals surface area contributed by atoms with Crippen molar-refractivity contribution in [3.63, 3.8) is 0 Å². The highest BCUT2D eigenvalue weighted by Crippen LogP contribution is 2.35. The van der Waals surface area contributed by atoms with E-state index in [-0.39, 0.29) is 18.0 Å². The summed E-state index contributed by atoms with van der Waals surface area (Å²) < 4.78 is 0. The van der Waals surface area contributed by atoms with Gasteiger partial charge in [0.25, 0.3) is 0 Å². The van der Waals surface area contributed by atoms with E-state index < -0.39 is 0 Å². The number of carbonyl (C=O) groups is 1. The number of nitrogens with one attached hydrogen (secondary N) is 1. The van der Waals surface area contributed by atoms with Gasteiger partial charge in [-0.2, -0.15) is 0 Å². The highest BCUT2D eigenvalue weighted by molar-refractivity contribution is 5.80. The first-order chi connectivity index (χ1) is 10.0. The van der Waals surface area contributed by atoms with Gasteiger partial charge in [-0.15, -0.1) is 0 Å². The molecule has 2 fully saturated rings. The summed E-state index contributed by atoms with van der Waals surface area (Å²) in [7, 11) is 0. The van der Waals surface area contributed by atoms with Crippen LogP contribution in [0.25, 0.3) is 0 Å². The van der Waals surface area contributed by atoms with Gasteiger partial charge in [0, 0.05) is 36.3 Å². The summed E-state index contributed by atoms with van der Waals surface area (Å²) in [6.07, 6.45) is 4.31. The second-order valence-corrected chi connectivity index (χ2v) is 6.57. The van der Waals surface area contributed by atoms with Gasteiger partial charge < -0.3 is 10.2 Å². The van der Waals surface area contributed by atoms with Crippen LogP contribution in [0.5, 0.6) is 0 Å². The Balaban J connectivity index is 1.70. The molecule has 5 nitrogen and oxygen atoms in total. The highest BCUT2D eigenvalue weighted by Gasteiger charge is 2.31. The third kappa shape index (κ3) is 3.01. The minimum atomic E-state index is 0.121. The zero-order chi connectivity index (χ0) is 15.0. The fourth-order valence-electron chi connectivity index (χ4n) is 3.08. The van der Waals surface area contributed by atoms with Crippen molar-refractivity contribution in [1.29, 1.82) is 0 Å². The van der Waals surface area contributed by atoms with Crippen molar-refractivity contribution < 1.29 is 4.79 Å². The van der Waals surface area contributed by atoms with Gasteiger partial charge in [0.1, 0.15) is 0 Å². The lowest BCUT2D eigenvalue weighted by Gasteiger charge is -2.25. The number of likely N-dealkylation sites (tertiary alicyclic amines) is 1. The number of hydrogen-bond donors (Lipinski definition) is 1. The molecule has 5 heteroatoms. The molecule has 1 aromatic rings. The summed E-state index contributed by atoms with van der Waals surface area (Å²) in [4.78, 5) is 23.0. The Hall–Kier alpha value is -1.65. The van der Waals surface area contributed by atoms with Crippen molar-refractivity contribution in [2.24, 2.45) is 0 Å². The van der Waals surface area contributed by atoms with E-state index in [2.05, 4.69) is 35.2 Å². The van der Waals surface area contributed by atoms with Crippen LogP contribution in [-0.2, 0) is 4.79 Å². The van der Waals surface area contributed by atoms with Crippen molar-refractivity contribution in [3.8, 4) is 0 Å². The largest absolute Gasteiger partial charge is 0.349 e. The van der Waals surface area contributed by atoms with Crippen molar-refractivity contribution >= 4 is 11.9 Å². The lowest BCUT2D eigenvalue weighted by atomic mass is 9.83. The second-order valence-electron chi connectivity index (χ2n) is 6.57. The number of anilines is 1. The predicted octanol–water partition coefficient (Wildman–Crippen LogP) is 2.47. The van der Waals surface area contributed by atoms with Crippen molar-refractivity contribution in [2.75, 3.05) is 11.9 Å². The van der Waals surface area contributed by atoms with Crippen LogP contribution in [0.15, 0.2) is 6.07 Å². The predicted molar refractivity (Wildman–Crippen MR) is 82.2 cm³/mol. The molecule has 3 rings (SSSR count). The Morgan fingerprint density at radius 3 is 2.67 bits per heavy atom. The van der Waals surface area contributed by atoms with Crippen LogP contribution in [0, 0.1) is 6.92 Å². The number of carbonyl (C=O) groups excluding carboxylic acids is 1. The first-order valence-corrected chi connectivity index (χ1v) is 7.94. The molecule has 1 atom stereocenters. The molecule has 0 bridgehead atoms. The van der Waals surface area contributed by atoms with E-state index in [0.717, 1.165) is 17.9 Å². The molecule has 114 valence electrons. The number of amides is 1. The van der Waals surface area contributed by atoms with E-state index in [4.69, 9.17) is 0 Å². The maximum Gasteiger partial charge on any atom is 0.225 e. The summed E-state index contributed by atoms with van der Waals surface area (Å²) in [6.45, 7) is 6.86. The molecule has 0 aromatic carbocycles. The van der Waals surface area contributed by atoms with Gasteiger partial charge in [-0.05, 0) is 39.7 Å². The Morgan fingerprint density at radius 1 is 1.33 bits per heavy atom. The van der Waals surface area contributed by atoms with Gasteiger partial charge in [-0.1, -0.05) is 6.42 Å². The highest BCUT2D eigenvalue weighted by atomic mass is 16.2. The van der Waals surface area contributed by atoms with Crippen LogP contribution in [0.2, 0.25) is 0 Å². The lowest BCUT2D eigenvalue weighted by Crippen LogP contribution is -2.34. The first-order valence-electron chi connectivity index (χ1n) is 7.94. The molecule has 1 saturated heterocycles. The van der Waals surface area contributed by atoms with Crippen LogP contribution in [0.3, 0.4) is 0 Å². The Kier molecular flexibility index (Phi) is 3.83. The van der Waals surface area contributed by atoms with E-state index in [1.165, 1.54) is 19.3 Å². The summed E-state index contributed by atoms with van der Waals surface area (Å²) in [5.41, 5.74) is 2.15. The van der Waals surface area contributed by atoms with Crippen LogP contribution < -0.4 is 5.32 Å². The van der Waals surface area contributed by atoms with Gasteiger partial charge >= 0.3 is 0 Å². The molecule has 1 N–H and O–H groups in total. The minimum Gasteiger partial charge on any atom is -0.349 e. The normalized spacial score (nSPS) is 22.8. The van der Waals surface area contributed by atoms with Crippen molar-refractivity contribution in [2.45, 2.75) is 64.5 Å². The van der Waals surface area contributed by atoms with Gasteiger partial charge in [0.2, 0.25) is 11.9 Å². The monoisotopic (exact) mass is 288 g/mol. The summed E-state index contributed by atoms with van der Waals surface area (Å²) in [5.74, 6) is 1.50. The van der Waals surface area contributed by atoms with Crippen LogP contribution in [0.1, 0.15) is 56.8 Å². The average molecular weight is 288 g/mol. The molecule has 2 heterocycles. The summed E-state index contributed by atoms with van der Waals surface area (Å²) in [6, 6.07) is 2.47. The maximum atomic E-state index is 12.0. The van der Waals surface area contributed by atoms with Gasteiger partial charge in [0.15, 0.2) is 0 Å². The van der Waals surface area contributed by atoms with Crippen molar-refractivity contribution in [1.82, 2.24) is 14.9 Å². The van der Waals surface area contributed by atoms with E-state index in [1.54, 1.807) is 0 Å². The molecular formula is C16H24N4O. The molecule has 0 unspecified atom stereocenters. The zero-order valence-corrected chi connectivity index (χ0v) is 13.1. The molecule has 2 aliphatic rings. The number of hydrogen-bond acceptors (Lipinski definition) is 4. The fraction of sp³-hybridized carbons (Fsp3) is 0.688. The van der Waals surface area contributed by atoms with E-state index in [1.807, 2.05) is 11.8 Å². The molecule has 1 saturated carbocycles. The fourth-order valence-corrected chi connectivity index (χ4v) is 3.08. The van der Waals surface area contributed by atoms with Crippen LogP contribution >= 0.6 is 0 Å². The summed E-state index contributed by atoms with van der Waals surface area (Å²) >= 11 is 0. The standard InChI is InChI=1S/C16H24N4O/c1-10(2)20-9-13(8-15(20)21)18-16-17-11(3)7-14(19-16)12-5-4-6-12/h7,10,12-13H,4-6,8-9H2,1-3H3,(H,17,18,19)/t13-/m1/s1. The molecule has 1 aromatic heterocycles. The third-order valence-corrected chi connectivity index (χ3v) is 4.51. The molecule has 21 heavy (non-hydrogen) atoms. The number of aromatic nitrogens is 2. The number of aryl methyl sites for hydroxylation is 1. The van der Waals surface area contributed by atoms with Gasteiger partial charge in [-0.25, -0.2) is 9.97 Å². The first kappa shape index (κ1) is 14.3. The maximum absolute atomic E-state index is 12.0. The Labute approximate surface area is 126 Å². The van der Waals surface area contributed by atoms with Crippen LogP contribution in [0.4, 0.5) is 5.95 Å². The molecule has 1 aliphatic heterocycles. The Morgan fingerprint density at radius 2 is 2.10 bits per heavy atom. The van der Waals surface area contributed by atoms with E-state index in [0.29, 0.717) is 18.3 Å². The molecular weight excluding hydrogens is 264 g/mol. The topological polar surface area (TPSA) is 58.1 Å². The van der Waals surface area contributed by atoms with Crippen LogP contribution in [-0.4, -0.2) is 39.4 Å². The molecule has 0 spiro atoms. The SMILES string of the molecule is Cc1cc(C2CCC2)nc(N[C@@H]2CC(=O)N(C(C)C)C2)n1. The smallest absolute Gasteiger partial charge is 0.225 e. The van der Waals surface area contributed by atoms with Crippen molar-refractivity contribution in [3.05, 3.63) is 17.5 Å².